The summed E-state index contributed by atoms with van der Waals surface area (Å²) in [4.78, 5) is 32.5. The van der Waals surface area contributed by atoms with E-state index in [0.717, 1.165) is 0 Å². The summed E-state index contributed by atoms with van der Waals surface area (Å²) in [5.74, 6) is -0.642. The Morgan fingerprint density at radius 3 is 2.57 bits per heavy atom. The Labute approximate surface area is 159 Å². The number of nitrogens with one attached hydrogen (secondary N) is 1. The van der Waals surface area contributed by atoms with Gasteiger partial charge in [0.25, 0.3) is 11.6 Å². The summed E-state index contributed by atoms with van der Waals surface area (Å²) < 4.78 is 5.16. The number of allylic oxidation sites excluding steroid dienone is 1. The second kappa shape index (κ2) is 9.57. The monoisotopic (exact) mass is 384 g/mol. The van der Waals surface area contributed by atoms with Crippen LogP contribution < -0.4 is 10.2 Å². The van der Waals surface area contributed by atoms with Crippen molar-refractivity contribution in [2.75, 3.05) is 6.61 Å². The van der Waals surface area contributed by atoms with Crippen molar-refractivity contribution in [3.05, 3.63) is 79.9 Å². The third-order valence-electron chi connectivity index (χ3n) is 3.43. The smallest absolute Gasteiger partial charge is 0.311 e. The van der Waals surface area contributed by atoms with Crippen LogP contribution in [-0.4, -0.2) is 28.6 Å². The molecule has 10 nitrogen and oxygen atoms in total. The number of para-hydroxylation sites is 1. The minimum Gasteiger partial charge on any atom is -0.477 e. The molecule has 0 atom stereocenters. The van der Waals surface area contributed by atoms with E-state index in [9.17, 15) is 25.0 Å². The standard InChI is InChI=1S/C18H16N4O6/c1-13-8-9-17(16(11-13)22(26)27)28-12-18(23)20-19-10-4-6-14-5-2-3-7-15(14)21(24)25/h2-11H,12H2,1H3,(H,20,23)/b6-4+,19-10+. The van der Waals surface area contributed by atoms with Crippen molar-refractivity contribution in [1.82, 2.24) is 5.43 Å². The molecular weight excluding hydrogens is 368 g/mol. The number of hydrogen-bond acceptors (Lipinski definition) is 7. The topological polar surface area (TPSA) is 137 Å². The molecule has 0 fully saturated rings. The van der Waals surface area contributed by atoms with E-state index in [0.29, 0.717) is 11.1 Å². The first-order chi connectivity index (χ1) is 13.4. The maximum atomic E-state index is 11.7. The highest BCUT2D eigenvalue weighted by Crippen LogP contribution is 2.27. The van der Waals surface area contributed by atoms with Crippen LogP contribution in [0.15, 0.2) is 53.6 Å². The van der Waals surface area contributed by atoms with E-state index in [-0.39, 0.29) is 17.1 Å². The lowest BCUT2D eigenvalue weighted by Gasteiger charge is -2.06. The number of ether oxygens (including phenoxy) is 1. The molecule has 2 aromatic rings. The van der Waals surface area contributed by atoms with Gasteiger partial charge in [-0.2, -0.15) is 5.10 Å². The quantitative estimate of drug-likeness (QED) is 0.422. The van der Waals surface area contributed by atoms with Gasteiger partial charge in [-0.05, 0) is 36.8 Å². The van der Waals surface area contributed by atoms with Crippen molar-refractivity contribution in [3.63, 3.8) is 0 Å². The van der Waals surface area contributed by atoms with Crippen LogP contribution in [0.2, 0.25) is 0 Å². The molecule has 0 aliphatic carbocycles. The maximum absolute atomic E-state index is 11.7. The first kappa shape index (κ1) is 20.2. The van der Waals surface area contributed by atoms with E-state index >= 15 is 0 Å². The van der Waals surface area contributed by atoms with E-state index in [4.69, 9.17) is 4.74 Å². The number of nitro benzene ring substituents is 2. The Morgan fingerprint density at radius 1 is 1.14 bits per heavy atom. The predicted octanol–water partition coefficient (Wildman–Crippen LogP) is 3.01. The lowest BCUT2D eigenvalue weighted by atomic mass is 10.2. The van der Waals surface area contributed by atoms with Gasteiger partial charge in [0.15, 0.2) is 12.4 Å². The zero-order valence-electron chi connectivity index (χ0n) is 14.8. The number of hydrogen-bond donors (Lipinski definition) is 1. The molecule has 2 rings (SSSR count). The molecule has 0 aliphatic rings. The highest BCUT2D eigenvalue weighted by Gasteiger charge is 2.16. The molecule has 144 valence electrons. The molecule has 0 aliphatic heterocycles. The van der Waals surface area contributed by atoms with Gasteiger partial charge in [-0.15, -0.1) is 0 Å². The van der Waals surface area contributed by atoms with Gasteiger partial charge in [0.2, 0.25) is 0 Å². The molecule has 0 aromatic heterocycles. The minimum absolute atomic E-state index is 0.0222. The fourth-order valence-electron chi connectivity index (χ4n) is 2.16. The summed E-state index contributed by atoms with van der Waals surface area (Å²) in [6, 6.07) is 10.6. The minimum atomic E-state index is -0.620. The summed E-state index contributed by atoms with van der Waals surface area (Å²) in [6.45, 7) is 1.24. The fraction of sp³-hybridized carbons (Fsp3) is 0.111. The van der Waals surface area contributed by atoms with Crippen LogP contribution in [-0.2, 0) is 4.79 Å². The summed E-state index contributed by atoms with van der Waals surface area (Å²) in [5, 5.41) is 25.5. The fourth-order valence-corrected chi connectivity index (χ4v) is 2.16. The van der Waals surface area contributed by atoms with E-state index in [2.05, 4.69) is 10.5 Å². The van der Waals surface area contributed by atoms with E-state index in [1.54, 1.807) is 31.2 Å². The van der Waals surface area contributed by atoms with E-state index in [1.807, 2.05) is 0 Å². The number of benzene rings is 2. The van der Waals surface area contributed by atoms with Crippen LogP contribution >= 0.6 is 0 Å². The van der Waals surface area contributed by atoms with Crippen LogP contribution in [0.1, 0.15) is 11.1 Å². The average Bonchev–Trinajstić information content (AvgIpc) is 2.66. The molecule has 2 aromatic carbocycles. The zero-order valence-corrected chi connectivity index (χ0v) is 14.8. The molecule has 28 heavy (non-hydrogen) atoms. The molecule has 0 heterocycles. The van der Waals surface area contributed by atoms with Crippen LogP contribution in [0.25, 0.3) is 6.08 Å². The van der Waals surface area contributed by atoms with E-state index in [1.165, 1.54) is 36.6 Å². The number of nitrogens with zero attached hydrogens (tertiary/aromatic N) is 3. The zero-order chi connectivity index (χ0) is 20.5. The number of carbonyl (C=O) groups excluding carboxylic acids is 1. The van der Waals surface area contributed by atoms with Crippen molar-refractivity contribution in [2.24, 2.45) is 5.10 Å². The number of hydrazone groups is 1. The highest BCUT2D eigenvalue weighted by atomic mass is 16.6. The Kier molecular flexibility index (Phi) is 6.92. The molecule has 0 bridgehead atoms. The SMILES string of the molecule is Cc1ccc(OCC(=O)N/N=C/C=C/c2ccccc2[N+](=O)[O-])c([N+](=O)[O-])c1. The Hall–Kier alpha value is -4.08. The number of aryl methyl sites for hydroxylation is 1. The number of carbonyl (C=O) groups is 1. The first-order valence-corrected chi connectivity index (χ1v) is 7.98. The largest absolute Gasteiger partial charge is 0.477 e. The predicted molar refractivity (Wildman–Crippen MR) is 102 cm³/mol. The normalized spacial score (nSPS) is 10.9. The molecule has 0 unspecified atom stereocenters. The van der Waals surface area contributed by atoms with Crippen LogP contribution in [0, 0.1) is 27.2 Å². The van der Waals surface area contributed by atoms with Gasteiger partial charge in [-0.3, -0.25) is 25.0 Å². The van der Waals surface area contributed by atoms with Crippen molar-refractivity contribution in [3.8, 4) is 5.75 Å². The van der Waals surface area contributed by atoms with Crippen molar-refractivity contribution in [1.29, 1.82) is 0 Å². The number of nitro groups is 2. The van der Waals surface area contributed by atoms with Crippen LogP contribution in [0.4, 0.5) is 11.4 Å². The van der Waals surface area contributed by atoms with Crippen LogP contribution in [0.3, 0.4) is 0 Å². The lowest BCUT2D eigenvalue weighted by Crippen LogP contribution is -2.24. The molecule has 0 spiro atoms. The Bertz CT molecular complexity index is 955. The van der Waals surface area contributed by atoms with Gasteiger partial charge >= 0.3 is 5.69 Å². The Morgan fingerprint density at radius 2 is 1.86 bits per heavy atom. The van der Waals surface area contributed by atoms with Crippen molar-refractivity contribution < 1.29 is 19.4 Å². The second-order valence-electron chi connectivity index (χ2n) is 5.51. The van der Waals surface area contributed by atoms with Gasteiger partial charge in [0, 0.05) is 18.3 Å². The molecule has 10 heteroatoms. The first-order valence-electron chi connectivity index (χ1n) is 7.98. The molecule has 0 saturated heterocycles. The van der Waals surface area contributed by atoms with Crippen molar-refractivity contribution in [2.45, 2.75) is 6.92 Å². The molecule has 1 N–H and O–H groups in total. The third-order valence-corrected chi connectivity index (χ3v) is 3.43. The molecule has 1 amide bonds. The average molecular weight is 384 g/mol. The van der Waals surface area contributed by atoms with Gasteiger partial charge in [-0.1, -0.05) is 18.2 Å². The molecular formula is C18H16N4O6. The number of rotatable bonds is 8. The summed E-state index contributed by atoms with van der Waals surface area (Å²) >= 11 is 0. The summed E-state index contributed by atoms with van der Waals surface area (Å²) in [5.41, 5.74) is 2.99. The maximum Gasteiger partial charge on any atom is 0.311 e. The second-order valence-corrected chi connectivity index (χ2v) is 5.51. The lowest BCUT2D eigenvalue weighted by molar-refractivity contribution is -0.385. The molecule has 0 saturated carbocycles. The van der Waals surface area contributed by atoms with Crippen molar-refractivity contribution >= 4 is 29.6 Å². The van der Waals surface area contributed by atoms with Gasteiger partial charge in [-0.25, -0.2) is 5.43 Å². The van der Waals surface area contributed by atoms with Gasteiger partial charge in [0.1, 0.15) is 0 Å². The van der Waals surface area contributed by atoms with E-state index < -0.39 is 22.4 Å². The molecule has 0 radical (unpaired) electrons. The summed E-state index contributed by atoms with van der Waals surface area (Å²) in [7, 11) is 0. The Balaban J connectivity index is 1.88. The van der Waals surface area contributed by atoms with Crippen LogP contribution in [0.5, 0.6) is 5.75 Å². The highest BCUT2D eigenvalue weighted by molar-refractivity contribution is 5.82. The number of amides is 1. The third kappa shape index (κ3) is 5.73. The van der Waals surface area contributed by atoms with Gasteiger partial charge < -0.3 is 4.74 Å². The summed E-state index contributed by atoms with van der Waals surface area (Å²) in [6.07, 6.45) is 4.14. The van der Waals surface area contributed by atoms with Gasteiger partial charge in [0.05, 0.1) is 15.4 Å².